The molecule has 4 rings (SSSR count). The van der Waals surface area contributed by atoms with Crippen LogP contribution in [0.5, 0.6) is 0 Å². The van der Waals surface area contributed by atoms with E-state index < -0.39 is 0 Å². The van der Waals surface area contributed by atoms with Crippen molar-refractivity contribution >= 4 is 22.8 Å². The number of rotatable bonds is 10. The first kappa shape index (κ1) is 26.1. The Morgan fingerprint density at radius 1 is 1.05 bits per heavy atom. The van der Waals surface area contributed by atoms with Gasteiger partial charge in [-0.1, -0.05) is 39.8 Å². The molecule has 10 nitrogen and oxygen atoms in total. The maximum atomic E-state index is 13.0. The van der Waals surface area contributed by atoms with Gasteiger partial charge in [-0.15, -0.1) is 0 Å². The Labute approximate surface area is 215 Å². The molecule has 2 N–H and O–H groups in total. The van der Waals surface area contributed by atoms with Gasteiger partial charge in [0, 0.05) is 24.5 Å². The van der Waals surface area contributed by atoms with Crippen LogP contribution in [0.4, 0.5) is 5.69 Å². The van der Waals surface area contributed by atoms with Crippen LogP contribution in [0, 0.1) is 6.92 Å². The molecule has 37 heavy (non-hydrogen) atoms. The van der Waals surface area contributed by atoms with Crippen LogP contribution in [-0.2, 0) is 24.4 Å². The Morgan fingerprint density at radius 2 is 1.73 bits per heavy atom. The number of amides is 1. The van der Waals surface area contributed by atoms with Gasteiger partial charge in [-0.3, -0.25) is 23.4 Å². The molecule has 1 atom stereocenters. The SMILES string of the molecule is CCCn1c(=O)c2[nH]c(-c3cc(C)n(CC(=O)Nc4ccc(C(C)CC)cc4)n3)nc2n(CCC)c1=O. The first-order valence-electron chi connectivity index (χ1n) is 12.9. The minimum Gasteiger partial charge on any atom is -0.331 e. The molecule has 0 saturated carbocycles. The maximum Gasteiger partial charge on any atom is 0.332 e. The zero-order chi connectivity index (χ0) is 26.7. The molecule has 0 fully saturated rings. The van der Waals surface area contributed by atoms with E-state index in [-0.39, 0.29) is 29.2 Å². The number of aromatic amines is 1. The number of nitrogens with one attached hydrogen (secondary N) is 2. The van der Waals surface area contributed by atoms with Gasteiger partial charge in [-0.25, -0.2) is 9.78 Å². The predicted molar refractivity (Wildman–Crippen MR) is 145 cm³/mol. The lowest BCUT2D eigenvalue weighted by Gasteiger charge is -2.11. The van der Waals surface area contributed by atoms with Crippen LogP contribution in [-0.4, -0.2) is 34.8 Å². The summed E-state index contributed by atoms with van der Waals surface area (Å²) in [7, 11) is 0. The molecule has 0 saturated heterocycles. The standard InChI is InChI=1S/C27H35N7O3/c1-6-13-32-25-23(26(36)33(14-7-2)27(32)37)29-24(30-25)21-15-18(5)34(31-21)16-22(35)28-20-11-9-19(10-12-20)17(4)8-3/h9-12,15,17H,6-8,13-14,16H2,1-5H3,(H,28,35)(H,29,30). The summed E-state index contributed by atoms with van der Waals surface area (Å²) in [5.74, 6) is 0.658. The van der Waals surface area contributed by atoms with Gasteiger partial charge in [0.1, 0.15) is 17.8 Å². The van der Waals surface area contributed by atoms with Crippen molar-refractivity contribution in [2.75, 3.05) is 5.32 Å². The molecule has 0 aliphatic rings. The van der Waals surface area contributed by atoms with Gasteiger partial charge >= 0.3 is 5.69 Å². The van der Waals surface area contributed by atoms with Gasteiger partial charge in [-0.2, -0.15) is 5.10 Å². The second kappa shape index (κ2) is 11.0. The molecule has 1 aromatic carbocycles. The van der Waals surface area contributed by atoms with Gasteiger partial charge in [0.25, 0.3) is 5.56 Å². The van der Waals surface area contributed by atoms with Crippen LogP contribution in [0.1, 0.15) is 64.1 Å². The summed E-state index contributed by atoms with van der Waals surface area (Å²) in [6, 6.07) is 9.70. The zero-order valence-electron chi connectivity index (χ0n) is 22.2. The Hall–Kier alpha value is -3.95. The second-order valence-electron chi connectivity index (χ2n) is 9.48. The summed E-state index contributed by atoms with van der Waals surface area (Å²) in [5.41, 5.74) is 3.11. The molecular weight excluding hydrogens is 470 g/mol. The number of aryl methyl sites for hydroxylation is 2. The number of hydrogen-bond donors (Lipinski definition) is 2. The Kier molecular flexibility index (Phi) is 7.75. The monoisotopic (exact) mass is 505 g/mol. The van der Waals surface area contributed by atoms with Crippen molar-refractivity contribution in [3.8, 4) is 11.5 Å². The van der Waals surface area contributed by atoms with Crippen LogP contribution in [0.3, 0.4) is 0 Å². The third-order valence-electron chi connectivity index (χ3n) is 6.65. The Bertz CT molecular complexity index is 1520. The lowest BCUT2D eigenvalue weighted by molar-refractivity contribution is -0.116. The van der Waals surface area contributed by atoms with Crippen molar-refractivity contribution in [1.82, 2.24) is 28.9 Å². The molecule has 0 aliphatic heterocycles. The van der Waals surface area contributed by atoms with Gasteiger partial charge in [0.05, 0.1) is 0 Å². The van der Waals surface area contributed by atoms with E-state index in [4.69, 9.17) is 0 Å². The molecule has 0 spiro atoms. The number of imidazole rings is 1. The van der Waals surface area contributed by atoms with Crippen molar-refractivity contribution in [3.05, 3.63) is 62.4 Å². The lowest BCUT2D eigenvalue weighted by Crippen LogP contribution is -2.40. The van der Waals surface area contributed by atoms with Crippen LogP contribution in [0.25, 0.3) is 22.7 Å². The van der Waals surface area contributed by atoms with Crippen molar-refractivity contribution in [2.45, 2.75) is 79.4 Å². The fraction of sp³-hybridized carbons (Fsp3) is 0.444. The quantitative estimate of drug-likeness (QED) is 0.337. The van der Waals surface area contributed by atoms with Crippen molar-refractivity contribution in [1.29, 1.82) is 0 Å². The highest BCUT2D eigenvalue weighted by atomic mass is 16.2. The number of H-pyrrole nitrogens is 1. The molecule has 3 aromatic heterocycles. The summed E-state index contributed by atoms with van der Waals surface area (Å²) < 4.78 is 4.39. The third-order valence-corrected chi connectivity index (χ3v) is 6.65. The van der Waals surface area contributed by atoms with Gasteiger partial charge < -0.3 is 10.3 Å². The highest BCUT2D eigenvalue weighted by molar-refractivity contribution is 5.90. The number of fused-ring (bicyclic) bond motifs is 1. The smallest absolute Gasteiger partial charge is 0.331 e. The van der Waals surface area contributed by atoms with E-state index in [1.165, 1.54) is 14.7 Å². The molecule has 0 aliphatic carbocycles. The van der Waals surface area contributed by atoms with Crippen molar-refractivity contribution in [2.24, 2.45) is 0 Å². The van der Waals surface area contributed by atoms with E-state index in [1.807, 2.05) is 45.0 Å². The van der Waals surface area contributed by atoms with Crippen LogP contribution in [0.15, 0.2) is 39.9 Å². The first-order chi connectivity index (χ1) is 17.8. The van der Waals surface area contributed by atoms with Crippen LogP contribution >= 0.6 is 0 Å². The first-order valence-corrected chi connectivity index (χ1v) is 12.9. The summed E-state index contributed by atoms with van der Waals surface area (Å²) in [5, 5.41) is 7.48. The number of anilines is 1. The summed E-state index contributed by atoms with van der Waals surface area (Å²) in [6.45, 7) is 10.9. The average Bonchev–Trinajstić information content (AvgIpc) is 3.48. The van der Waals surface area contributed by atoms with Crippen molar-refractivity contribution in [3.63, 3.8) is 0 Å². The van der Waals surface area contributed by atoms with E-state index >= 15 is 0 Å². The minimum atomic E-state index is -0.386. The highest BCUT2D eigenvalue weighted by Crippen LogP contribution is 2.21. The summed E-state index contributed by atoms with van der Waals surface area (Å²) in [6.07, 6.45) is 2.45. The number of aromatic nitrogens is 6. The van der Waals surface area contributed by atoms with Crippen molar-refractivity contribution < 1.29 is 4.79 Å². The van der Waals surface area contributed by atoms with E-state index in [0.717, 1.165) is 24.2 Å². The van der Waals surface area contributed by atoms with E-state index in [1.54, 1.807) is 10.7 Å². The average molecular weight is 506 g/mol. The topological polar surface area (TPSA) is 120 Å². The fourth-order valence-electron chi connectivity index (χ4n) is 4.39. The van der Waals surface area contributed by atoms with Gasteiger partial charge in [-0.05, 0) is 55.9 Å². The number of nitrogens with zero attached hydrogens (tertiary/aromatic N) is 5. The molecule has 4 aromatic rings. The van der Waals surface area contributed by atoms with Crippen LogP contribution in [0.2, 0.25) is 0 Å². The number of carbonyl (C=O) groups is 1. The second-order valence-corrected chi connectivity index (χ2v) is 9.48. The molecule has 0 radical (unpaired) electrons. The summed E-state index contributed by atoms with van der Waals surface area (Å²) in [4.78, 5) is 46.3. The van der Waals surface area contributed by atoms with Crippen LogP contribution < -0.4 is 16.6 Å². The minimum absolute atomic E-state index is 0.0308. The number of carbonyl (C=O) groups excluding carboxylic acids is 1. The van der Waals surface area contributed by atoms with Gasteiger partial charge in [0.2, 0.25) is 5.91 Å². The summed E-state index contributed by atoms with van der Waals surface area (Å²) >= 11 is 0. The maximum absolute atomic E-state index is 13.0. The van der Waals surface area contributed by atoms with E-state index in [9.17, 15) is 14.4 Å². The predicted octanol–water partition coefficient (Wildman–Crippen LogP) is 4.03. The lowest BCUT2D eigenvalue weighted by atomic mass is 9.99. The molecule has 1 unspecified atom stereocenters. The molecule has 10 heteroatoms. The molecule has 0 bridgehead atoms. The molecule has 196 valence electrons. The van der Waals surface area contributed by atoms with E-state index in [2.05, 4.69) is 34.2 Å². The van der Waals surface area contributed by atoms with Gasteiger partial charge in [0.15, 0.2) is 11.5 Å². The number of hydrogen-bond acceptors (Lipinski definition) is 5. The molecular formula is C27H35N7O3. The van der Waals surface area contributed by atoms with E-state index in [0.29, 0.717) is 42.6 Å². The highest BCUT2D eigenvalue weighted by Gasteiger charge is 2.19. The normalized spacial score (nSPS) is 12.2. The molecule has 3 heterocycles. The fourth-order valence-corrected chi connectivity index (χ4v) is 4.39. The Morgan fingerprint density at radius 3 is 2.38 bits per heavy atom. The molecule has 1 amide bonds. The largest absolute Gasteiger partial charge is 0.332 e. The number of benzene rings is 1. The Balaban J connectivity index is 1.59. The third kappa shape index (κ3) is 5.28. The zero-order valence-corrected chi connectivity index (χ0v) is 22.2.